The number of carbonyl (C=O) groups excluding carboxylic acids is 1. The van der Waals surface area contributed by atoms with Crippen molar-refractivity contribution in [1.29, 1.82) is 0 Å². The molecule has 0 spiro atoms. The fourth-order valence-corrected chi connectivity index (χ4v) is 2.79. The molecule has 0 bridgehead atoms. The molecule has 2 aromatic rings. The Morgan fingerprint density at radius 2 is 2.07 bits per heavy atom. The first-order chi connectivity index (χ1) is 13.0. The summed E-state index contributed by atoms with van der Waals surface area (Å²) >= 11 is 11.1. The molecule has 0 aromatic heterocycles. The molecule has 0 saturated carbocycles. The number of hydrogen-bond acceptors (Lipinski definition) is 4. The Labute approximate surface area is 167 Å². The Morgan fingerprint density at radius 1 is 1.30 bits per heavy atom. The molecule has 1 aliphatic heterocycles. The van der Waals surface area contributed by atoms with Crippen molar-refractivity contribution in [3.63, 3.8) is 0 Å². The predicted molar refractivity (Wildman–Crippen MR) is 112 cm³/mol. The summed E-state index contributed by atoms with van der Waals surface area (Å²) in [6.07, 6.45) is 0.826. The van der Waals surface area contributed by atoms with Crippen LogP contribution in [0.25, 0.3) is 0 Å². The first-order valence-electron chi connectivity index (χ1n) is 8.41. The quantitative estimate of drug-likeness (QED) is 0.407. The number of halogens is 1. The lowest BCUT2D eigenvalue weighted by Crippen LogP contribution is -2.34. The van der Waals surface area contributed by atoms with Crippen LogP contribution in [0.4, 0.5) is 5.69 Å². The molecule has 1 heterocycles. The van der Waals surface area contributed by atoms with E-state index in [0.717, 1.165) is 22.7 Å². The van der Waals surface area contributed by atoms with Gasteiger partial charge in [0.1, 0.15) is 5.75 Å². The molecule has 0 aliphatic carbocycles. The van der Waals surface area contributed by atoms with Gasteiger partial charge in [0.05, 0.1) is 11.4 Å². The van der Waals surface area contributed by atoms with E-state index >= 15 is 0 Å². The fraction of sp³-hybridized carbons (Fsp3) is 0.211. The molecule has 0 saturated heterocycles. The fourth-order valence-electron chi connectivity index (χ4n) is 2.52. The van der Waals surface area contributed by atoms with Gasteiger partial charge >= 0.3 is 0 Å². The summed E-state index contributed by atoms with van der Waals surface area (Å²) in [6.45, 7) is 2.58. The third-order valence-corrected chi connectivity index (χ3v) is 4.46. The second-order valence-corrected chi connectivity index (χ2v) is 6.83. The van der Waals surface area contributed by atoms with Crippen LogP contribution >= 0.6 is 23.8 Å². The minimum absolute atomic E-state index is 0.0386. The van der Waals surface area contributed by atoms with Gasteiger partial charge in [-0.15, -0.1) is 0 Å². The first kappa shape index (κ1) is 19.1. The van der Waals surface area contributed by atoms with Gasteiger partial charge in [-0.25, -0.2) is 0 Å². The van der Waals surface area contributed by atoms with Crippen LogP contribution in [0, 0.1) is 0 Å². The van der Waals surface area contributed by atoms with Crippen LogP contribution in [-0.2, 0) is 11.2 Å². The standard InChI is InChI=1S/C19H19ClN4O2S/c1-12(14-4-7-17-16(10-14)22-18(25)11-26-17)23-24-19(27)21-9-8-13-2-5-15(20)6-3-13/h2-7,10H,8-9,11H2,1H3,(H,22,25)(H2,21,24,27)/b23-12-. The van der Waals surface area contributed by atoms with Crippen molar-refractivity contribution in [2.45, 2.75) is 13.3 Å². The molecule has 0 atom stereocenters. The van der Waals surface area contributed by atoms with Crippen molar-refractivity contribution >= 4 is 46.2 Å². The Bertz CT molecular complexity index is 884. The van der Waals surface area contributed by atoms with Crippen molar-refractivity contribution in [3.05, 3.63) is 58.6 Å². The van der Waals surface area contributed by atoms with Crippen molar-refractivity contribution in [1.82, 2.24) is 10.7 Å². The summed E-state index contributed by atoms with van der Waals surface area (Å²) < 4.78 is 5.35. The topological polar surface area (TPSA) is 74.8 Å². The van der Waals surface area contributed by atoms with Crippen molar-refractivity contribution < 1.29 is 9.53 Å². The molecule has 3 rings (SSSR count). The minimum atomic E-state index is -0.168. The van der Waals surface area contributed by atoms with Gasteiger partial charge in [-0.3, -0.25) is 10.2 Å². The zero-order valence-electron chi connectivity index (χ0n) is 14.7. The van der Waals surface area contributed by atoms with E-state index in [9.17, 15) is 4.79 Å². The van der Waals surface area contributed by atoms with Crippen LogP contribution in [0.3, 0.4) is 0 Å². The first-order valence-corrected chi connectivity index (χ1v) is 9.19. The van der Waals surface area contributed by atoms with Crippen LogP contribution < -0.4 is 20.8 Å². The molecule has 6 nitrogen and oxygen atoms in total. The number of amides is 1. The van der Waals surface area contributed by atoms with E-state index in [4.69, 9.17) is 28.6 Å². The number of thiocarbonyl (C=S) groups is 1. The number of fused-ring (bicyclic) bond motifs is 1. The number of hydrazone groups is 1. The summed E-state index contributed by atoms with van der Waals surface area (Å²) in [4.78, 5) is 11.4. The van der Waals surface area contributed by atoms with Crippen LogP contribution in [0.2, 0.25) is 5.02 Å². The summed E-state index contributed by atoms with van der Waals surface area (Å²) in [5.41, 5.74) is 6.24. The van der Waals surface area contributed by atoms with E-state index in [0.29, 0.717) is 23.1 Å². The van der Waals surface area contributed by atoms with Crippen LogP contribution in [-0.4, -0.2) is 29.9 Å². The molecule has 27 heavy (non-hydrogen) atoms. The molecule has 2 aromatic carbocycles. The maximum atomic E-state index is 11.4. The number of nitrogens with zero attached hydrogens (tertiary/aromatic N) is 1. The maximum absolute atomic E-state index is 11.4. The van der Waals surface area contributed by atoms with Gasteiger partial charge in [0.2, 0.25) is 0 Å². The Kier molecular flexibility index (Phi) is 6.26. The predicted octanol–water partition coefficient (Wildman–Crippen LogP) is 3.10. The van der Waals surface area contributed by atoms with Crippen molar-refractivity contribution in [3.8, 4) is 5.75 Å². The lowest BCUT2D eigenvalue weighted by Gasteiger charge is -2.18. The highest BCUT2D eigenvalue weighted by Gasteiger charge is 2.16. The highest BCUT2D eigenvalue weighted by molar-refractivity contribution is 7.80. The summed E-state index contributed by atoms with van der Waals surface area (Å²) in [5.74, 6) is 0.483. The number of benzene rings is 2. The molecule has 0 unspecified atom stereocenters. The van der Waals surface area contributed by atoms with E-state index < -0.39 is 0 Å². The van der Waals surface area contributed by atoms with E-state index in [-0.39, 0.29) is 12.5 Å². The molecule has 1 amide bonds. The molecular weight excluding hydrogens is 384 g/mol. The second-order valence-electron chi connectivity index (χ2n) is 5.99. The van der Waals surface area contributed by atoms with Crippen molar-refractivity contribution in [2.75, 3.05) is 18.5 Å². The number of hydrogen-bond donors (Lipinski definition) is 3. The van der Waals surface area contributed by atoms with E-state index in [1.807, 2.05) is 49.4 Å². The van der Waals surface area contributed by atoms with Crippen LogP contribution in [0.15, 0.2) is 47.6 Å². The summed E-state index contributed by atoms with van der Waals surface area (Å²) in [5, 5.41) is 11.4. The van der Waals surface area contributed by atoms with Crippen molar-refractivity contribution in [2.24, 2.45) is 5.10 Å². The van der Waals surface area contributed by atoms with E-state index in [1.165, 1.54) is 5.56 Å². The zero-order valence-corrected chi connectivity index (χ0v) is 16.3. The lowest BCUT2D eigenvalue weighted by molar-refractivity contribution is -0.118. The average molecular weight is 403 g/mol. The Balaban J connectivity index is 1.51. The smallest absolute Gasteiger partial charge is 0.262 e. The Hall–Kier alpha value is -2.64. The van der Waals surface area contributed by atoms with Crippen LogP contribution in [0.5, 0.6) is 5.75 Å². The van der Waals surface area contributed by atoms with Gasteiger partial charge in [0, 0.05) is 11.6 Å². The lowest BCUT2D eigenvalue weighted by atomic mass is 10.1. The molecule has 3 N–H and O–H groups in total. The number of anilines is 1. The highest BCUT2D eigenvalue weighted by atomic mass is 35.5. The average Bonchev–Trinajstić information content (AvgIpc) is 2.67. The molecule has 1 aliphatic rings. The second kappa shape index (κ2) is 8.83. The highest BCUT2D eigenvalue weighted by Crippen LogP contribution is 2.28. The number of nitrogens with one attached hydrogen (secondary N) is 3. The minimum Gasteiger partial charge on any atom is -0.482 e. The summed E-state index contributed by atoms with van der Waals surface area (Å²) in [6, 6.07) is 13.2. The number of carbonyl (C=O) groups is 1. The maximum Gasteiger partial charge on any atom is 0.262 e. The van der Waals surface area contributed by atoms with Gasteiger partial charge in [-0.1, -0.05) is 23.7 Å². The molecule has 140 valence electrons. The summed E-state index contributed by atoms with van der Waals surface area (Å²) in [7, 11) is 0. The van der Waals surface area contributed by atoms with Gasteiger partial charge in [0.15, 0.2) is 11.7 Å². The molecule has 8 heteroatoms. The monoisotopic (exact) mass is 402 g/mol. The van der Waals surface area contributed by atoms with E-state index in [1.54, 1.807) is 0 Å². The number of rotatable bonds is 5. The largest absolute Gasteiger partial charge is 0.482 e. The Morgan fingerprint density at radius 3 is 2.85 bits per heavy atom. The third kappa shape index (κ3) is 5.42. The van der Waals surface area contributed by atoms with Gasteiger partial charge in [-0.2, -0.15) is 5.10 Å². The van der Waals surface area contributed by atoms with Gasteiger partial charge in [0.25, 0.3) is 5.91 Å². The van der Waals surface area contributed by atoms with Gasteiger partial charge < -0.3 is 15.4 Å². The molecule has 0 fully saturated rings. The third-order valence-electron chi connectivity index (χ3n) is 3.97. The van der Waals surface area contributed by atoms with Crippen LogP contribution in [0.1, 0.15) is 18.1 Å². The SMILES string of the molecule is C/C(=N/NC(=S)NCCc1ccc(Cl)cc1)c1ccc2c(c1)NC(=O)CO2. The normalized spacial score (nSPS) is 13.3. The molecule has 0 radical (unpaired) electrons. The van der Waals surface area contributed by atoms with Gasteiger partial charge in [-0.05, 0) is 67.0 Å². The van der Waals surface area contributed by atoms with E-state index in [2.05, 4.69) is 21.2 Å². The molecular formula is C19H19ClN4O2S. The zero-order chi connectivity index (χ0) is 19.2. The number of ether oxygens (including phenoxy) is 1.